The van der Waals surface area contributed by atoms with Gasteiger partial charge >= 0.3 is 35.5 Å². The second-order valence-corrected chi connectivity index (χ2v) is 3.68. The summed E-state index contributed by atoms with van der Waals surface area (Å²) in [4.78, 5) is 10.7. The van der Waals surface area contributed by atoms with Crippen LogP contribution in [0.4, 0.5) is 0 Å². The molecule has 0 saturated heterocycles. The SMILES string of the molecule is C=COC(=O)C(C)CS(=O)(=O)[O-].[Na+]. The minimum absolute atomic E-state index is 0. The van der Waals surface area contributed by atoms with E-state index >= 15 is 0 Å². The van der Waals surface area contributed by atoms with E-state index in [0.717, 1.165) is 6.26 Å². The number of esters is 1. The molecule has 0 fully saturated rings. The summed E-state index contributed by atoms with van der Waals surface area (Å²) >= 11 is 0. The van der Waals surface area contributed by atoms with Gasteiger partial charge in [-0.05, 0) is 0 Å². The summed E-state index contributed by atoms with van der Waals surface area (Å²) in [6, 6.07) is 0. The summed E-state index contributed by atoms with van der Waals surface area (Å²) in [6.07, 6.45) is 0.885. The Morgan fingerprint density at radius 2 is 2.15 bits per heavy atom. The molecule has 0 aliphatic rings. The van der Waals surface area contributed by atoms with E-state index in [0.29, 0.717) is 0 Å². The monoisotopic (exact) mass is 216 g/mol. The van der Waals surface area contributed by atoms with Crippen LogP contribution in [0.1, 0.15) is 6.92 Å². The smallest absolute Gasteiger partial charge is 0.748 e. The maximum absolute atomic E-state index is 10.7. The van der Waals surface area contributed by atoms with E-state index in [1.54, 1.807) is 0 Å². The Labute approximate surface area is 99.2 Å². The Hall–Kier alpha value is 0.120. The first kappa shape index (κ1) is 15.6. The molecule has 0 aliphatic carbocycles. The van der Waals surface area contributed by atoms with Crippen molar-refractivity contribution in [2.75, 3.05) is 5.75 Å². The largest absolute Gasteiger partial charge is 1.00 e. The molecule has 0 spiro atoms. The van der Waals surface area contributed by atoms with Gasteiger partial charge in [-0.2, -0.15) is 0 Å². The fraction of sp³-hybridized carbons (Fsp3) is 0.500. The Balaban J connectivity index is 0. The molecular formula is C6H9NaO5S. The van der Waals surface area contributed by atoms with Crippen molar-refractivity contribution in [3.63, 3.8) is 0 Å². The predicted molar refractivity (Wildman–Crippen MR) is 40.0 cm³/mol. The van der Waals surface area contributed by atoms with Crippen LogP contribution in [0, 0.1) is 5.92 Å². The quantitative estimate of drug-likeness (QED) is 0.214. The van der Waals surface area contributed by atoms with Crippen LogP contribution in [0.2, 0.25) is 0 Å². The standard InChI is InChI=1S/C6H10O5S.Na/c1-3-11-6(7)5(2)4-12(8,9)10;/h3,5H,1,4H2,2H3,(H,8,9,10);/q;+1/p-1. The minimum Gasteiger partial charge on any atom is -0.748 e. The molecule has 0 aromatic carbocycles. The van der Waals surface area contributed by atoms with Crippen molar-refractivity contribution >= 4 is 16.1 Å². The zero-order valence-corrected chi connectivity index (χ0v) is 10.3. The van der Waals surface area contributed by atoms with Crippen LogP contribution in [0.25, 0.3) is 0 Å². The van der Waals surface area contributed by atoms with Crippen molar-refractivity contribution < 1.29 is 52.1 Å². The first-order valence-electron chi connectivity index (χ1n) is 3.12. The molecule has 5 nitrogen and oxygen atoms in total. The van der Waals surface area contributed by atoms with Gasteiger partial charge in [-0.25, -0.2) is 8.42 Å². The van der Waals surface area contributed by atoms with E-state index in [9.17, 15) is 17.8 Å². The van der Waals surface area contributed by atoms with Crippen molar-refractivity contribution in [2.24, 2.45) is 5.92 Å². The summed E-state index contributed by atoms with van der Waals surface area (Å²) < 4.78 is 34.8. The van der Waals surface area contributed by atoms with Gasteiger partial charge < -0.3 is 9.29 Å². The van der Waals surface area contributed by atoms with E-state index in [1.165, 1.54) is 6.92 Å². The van der Waals surface area contributed by atoms with E-state index in [4.69, 9.17) is 0 Å². The van der Waals surface area contributed by atoms with Crippen molar-refractivity contribution in [2.45, 2.75) is 6.92 Å². The third-order valence-electron chi connectivity index (χ3n) is 1.06. The Morgan fingerprint density at radius 3 is 2.46 bits per heavy atom. The van der Waals surface area contributed by atoms with Gasteiger partial charge in [-0.3, -0.25) is 4.79 Å². The molecule has 13 heavy (non-hydrogen) atoms. The second-order valence-electron chi connectivity index (χ2n) is 2.23. The average molecular weight is 216 g/mol. The maximum Gasteiger partial charge on any atom is 1.00 e. The average Bonchev–Trinajstić information content (AvgIpc) is 1.84. The Morgan fingerprint density at radius 1 is 1.69 bits per heavy atom. The van der Waals surface area contributed by atoms with Crippen molar-refractivity contribution in [3.8, 4) is 0 Å². The number of hydrogen-bond acceptors (Lipinski definition) is 5. The molecule has 0 bridgehead atoms. The van der Waals surface area contributed by atoms with Gasteiger partial charge in [-0.1, -0.05) is 13.5 Å². The van der Waals surface area contributed by atoms with Crippen LogP contribution < -0.4 is 29.6 Å². The van der Waals surface area contributed by atoms with Crippen molar-refractivity contribution in [1.29, 1.82) is 0 Å². The van der Waals surface area contributed by atoms with Gasteiger partial charge in [0.25, 0.3) is 0 Å². The third kappa shape index (κ3) is 8.45. The van der Waals surface area contributed by atoms with Gasteiger partial charge in [0, 0.05) is 0 Å². The van der Waals surface area contributed by atoms with Crippen LogP contribution in [0.3, 0.4) is 0 Å². The fourth-order valence-corrected chi connectivity index (χ4v) is 1.32. The van der Waals surface area contributed by atoms with E-state index in [2.05, 4.69) is 11.3 Å². The number of ether oxygens (including phenoxy) is 1. The molecule has 0 N–H and O–H groups in total. The molecule has 1 unspecified atom stereocenters. The van der Waals surface area contributed by atoms with Gasteiger partial charge in [0.2, 0.25) is 0 Å². The molecule has 0 radical (unpaired) electrons. The third-order valence-corrected chi connectivity index (χ3v) is 1.96. The molecule has 7 heteroatoms. The second kappa shape index (κ2) is 6.56. The Kier molecular flexibility index (Phi) is 7.86. The van der Waals surface area contributed by atoms with Crippen LogP contribution in [-0.4, -0.2) is 24.7 Å². The molecule has 0 saturated carbocycles. The van der Waals surface area contributed by atoms with E-state index in [-0.39, 0.29) is 29.6 Å². The first-order chi connectivity index (χ1) is 5.37. The van der Waals surface area contributed by atoms with Crippen LogP contribution in [0.5, 0.6) is 0 Å². The molecule has 0 rings (SSSR count). The summed E-state index contributed by atoms with van der Waals surface area (Å²) in [6.45, 7) is 4.40. The molecule has 0 aliphatic heterocycles. The van der Waals surface area contributed by atoms with Crippen molar-refractivity contribution in [1.82, 2.24) is 0 Å². The van der Waals surface area contributed by atoms with E-state index in [1.807, 2.05) is 0 Å². The molecule has 70 valence electrons. The molecule has 0 amide bonds. The van der Waals surface area contributed by atoms with Gasteiger partial charge in [0.15, 0.2) is 0 Å². The number of carbonyl (C=O) groups excluding carboxylic acids is 1. The molecule has 1 atom stereocenters. The van der Waals surface area contributed by atoms with Crippen LogP contribution >= 0.6 is 0 Å². The van der Waals surface area contributed by atoms with Crippen LogP contribution in [-0.2, 0) is 19.6 Å². The van der Waals surface area contributed by atoms with Gasteiger partial charge in [0.05, 0.1) is 28.1 Å². The molecule has 0 aromatic rings. The Bertz CT molecular complexity index is 271. The van der Waals surface area contributed by atoms with Gasteiger partial charge in [0.1, 0.15) is 0 Å². The first-order valence-corrected chi connectivity index (χ1v) is 4.69. The maximum atomic E-state index is 10.7. The predicted octanol–water partition coefficient (Wildman–Crippen LogP) is -3.14. The summed E-state index contributed by atoms with van der Waals surface area (Å²) in [5.41, 5.74) is 0. The number of rotatable bonds is 4. The zero-order chi connectivity index (χ0) is 9.78. The molecule has 0 heterocycles. The summed E-state index contributed by atoms with van der Waals surface area (Å²) in [7, 11) is -4.37. The summed E-state index contributed by atoms with van der Waals surface area (Å²) in [5, 5.41) is 0. The van der Waals surface area contributed by atoms with Crippen LogP contribution in [0.15, 0.2) is 12.8 Å². The van der Waals surface area contributed by atoms with Crippen molar-refractivity contribution in [3.05, 3.63) is 12.8 Å². The number of hydrogen-bond donors (Lipinski definition) is 0. The minimum atomic E-state index is -4.37. The molecular weight excluding hydrogens is 207 g/mol. The number of carbonyl (C=O) groups is 1. The molecule has 0 aromatic heterocycles. The fourth-order valence-electron chi connectivity index (χ4n) is 0.573. The topological polar surface area (TPSA) is 83.5 Å². The zero-order valence-electron chi connectivity index (χ0n) is 7.52. The van der Waals surface area contributed by atoms with Gasteiger partial charge in [-0.15, -0.1) is 0 Å². The van der Waals surface area contributed by atoms with E-state index < -0.39 is 27.8 Å². The normalized spacial score (nSPS) is 12.5. The summed E-state index contributed by atoms with van der Waals surface area (Å²) in [5.74, 6) is -2.48.